The van der Waals surface area contributed by atoms with Gasteiger partial charge in [0.25, 0.3) is 0 Å². The molecule has 4 aromatic carbocycles. The maximum atomic E-state index is 3.45. The van der Waals surface area contributed by atoms with Gasteiger partial charge in [0.1, 0.15) is 0 Å². The van der Waals surface area contributed by atoms with Crippen molar-refractivity contribution in [2.75, 3.05) is 4.72 Å². The normalized spacial score (nSPS) is 10.1. The molecule has 0 fully saturated rings. The van der Waals surface area contributed by atoms with Crippen molar-refractivity contribution in [3.05, 3.63) is 109 Å². The Morgan fingerprint density at radius 2 is 1.00 bits per heavy atom. The third-order valence-electron chi connectivity index (χ3n) is 4.22. The van der Waals surface area contributed by atoms with Crippen LogP contribution in [0.15, 0.2) is 114 Å². The molecule has 0 aromatic heterocycles. The predicted octanol–water partition coefficient (Wildman–Crippen LogP) is 7.25. The van der Waals surface area contributed by atoms with Crippen molar-refractivity contribution in [2.24, 2.45) is 0 Å². The molecule has 4 aromatic rings. The number of hydrogen-bond donors (Lipinski definition) is 1. The minimum absolute atomic E-state index is 0. The average molecular weight is 388 g/mol. The molecule has 0 unspecified atom stereocenters. The molecule has 0 spiro atoms. The number of hydrogen-bond acceptors (Lipinski definition) is 2. The number of rotatable bonds is 5. The van der Waals surface area contributed by atoms with Crippen molar-refractivity contribution in [3.63, 3.8) is 0 Å². The average Bonchev–Trinajstić information content (AvgIpc) is 2.74. The van der Waals surface area contributed by atoms with Crippen LogP contribution in [-0.4, -0.2) is 0 Å². The largest absolute Gasteiger partial charge is 0.326 e. The van der Waals surface area contributed by atoms with E-state index >= 15 is 0 Å². The highest BCUT2D eigenvalue weighted by Crippen LogP contribution is 2.27. The van der Waals surface area contributed by atoms with Gasteiger partial charge in [0, 0.05) is 10.6 Å². The van der Waals surface area contributed by atoms with Gasteiger partial charge in [-0.2, -0.15) is 13.5 Å². The second-order valence-electron chi connectivity index (χ2n) is 6.04. The third kappa shape index (κ3) is 4.97. The summed E-state index contributed by atoms with van der Waals surface area (Å²) in [5, 5.41) is 0. The first-order chi connectivity index (χ1) is 12.9. The summed E-state index contributed by atoms with van der Waals surface area (Å²) in [5.41, 5.74) is 6.03. The summed E-state index contributed by atoms with van der Waals surface area (Å²) < 4.78 is 3.45. The zero-order chi connectivity index (χ0) is 17.6. The van der Waals surface area contributed by atoms with Gasteiger partial charge in [-0.25, -0.2) is 0 Å². The van der Waals surface area contributed by atoms with Crippen LogP contribution < -0.4 is 4.72 Å². The van der Waals surface area contributed by atoms with Gasteiger partial charge in [-0.15, -0.1) is 0 Å². The third-order valence-corrected chi connectivity index (χ3v) is 5.06. The molecule has 27 heavy (non-hydrogen) atoms. The van der Waals surface area contributed by atoms with Crippen LogP contribution in [0.4, 0.5) is 5.69 Å². The van der Waals surface area contributed by atoms with E-state index in [4.69, 9.17) is 0 Å². The molecule has 0 heterocycles. The van der Waals surface area contributed by atoms with Crippen LogP contribution in [0.5, 0.6) is 0 Å². The highest BCUT2D eigenvalue weighted by Gasteiger charge is 2.01. The molecule has 0 aliphatic heterocycles. The molecule has 3 heteroatoms. The highest BCUT2D eigenvalue weighted by molar-refractivity contribution is 8.00. The summed E-state index contributed by atoms with van der Waals surface area (Å²) in [6.45, 7) is 0. The maximum absolute atomic E-state index is 3.45. The fourth-order valence-corrected chi connectivity index (χ4v) is 3.49. The molecule has 0 aliphatic rings. The molecule has 0 aliphatic carbocycles. The summed E-state index contributed by atoms with van der Waals surface area (Å²) in [6.07, 6.45) is 0. The van der Waals surface area contributed by atoms with Gasteiger partial charge in [0.15, 0.2) is 0 Å². The smallest absolute Gasteiger partial charge is 0.0449 e. The zero-order valence-electron chi connectivity index (χ0n) is 14.8. The lowest BCUT2D eigenvalue weighted by atomic mass is 10.1. The van der Waals surface area contributed by atoms with Gasteiger partial charge >= 0.3 is 0 Å². The predicted molar refractivity (Wildman–Crippen MR) is 124 cm³/mol. The van der Waals surface area contributed by atoms with Crippen LogP contribution in [-0.2, 0) is 0 Å². The van der Waals surface area contributed by atoms with Gasteiger partial charge in [-0.1, -0.05) is 84.9 Å². The van der Waals surface area contributed by atoms with Crippen LogP contribution in [0.2, 0.25) is 0 Å². The Kier molecular flexibility index (Phi) is 6.64. The van der Waals surface area contributed by atoms with Crippen molar-refractivity contribution in [1.29, 1.82) is 0 Å². The number of nitrogens with one attached hydrogen (secondary N) is 1. The summed E-state index contributed by atoms with van der Waals surface area (Å²) in [6, 6.07) is 38.0. The summed E-state index contributed by atoms with van der Waals surface area (Å²) in [5.74, 6) is 0. The molecule has 0 saturated carbocycles. The van der Waals surface area contributed by atoms with E-state index < -0.39 is 0 Å². The Morgan fingerprint density at radius 3 is 1.63 bits per heavy atom. The van der Waals surface area contributed by atoms with Crippen molar-refractivity contribution < 1.29 is 0 Å². The molecular formula is C24H21NS2. The molecule has 4 rings (SSSR count). The Labute approximate surface area is 172 Å². The van der Waals surface area contributed by atoms with Gasteiger partial charge in [0.2, 0.25) is 0 Å². The van der Waals surface area contributed by atoms with Crippen molar-refractivity contribution in [3.8, 4) is 22.3 Å². The van der Waals surface area contributed by atoms with Gasteiger partial charge < -0.3 is 4.72 Å². The highest BCUT2D eigenvalue weighted by atomic mass is 32.2. The summed E-state index contributed by atoms with van der Waals surface area (Å²) >= 11 is 1.63. The lowest BCUT2D eigenvalue weighted by Crippen LogP contribution is -1.87. The Balaban J connectivity index is 0.00000210. The molecule has 1 N–H and O–H groups in total. The molecule has 134 valence electrons. The second-order valence-corrected chi connectivity index (χ2v) is 6.92. The van der Waals surface area contributed by atoms with E-state index in [1.165, 1.54) is 27.1 Å². The van der Waals surface area contributed by atoms with Gasteiger partial charge in [0.05, 0.1) is 0 Å². The molecule has 1 nitrogen and oxygen atoms in total. The fourth-order valence-electron chi connectivity index (χ4n) is 2.86. The van der Waals surface area contributed by atoms with Crippen LogP contribution >= 0.6 is 25.4 Å². The van der Waals surface area contributed by atoms with Gasteiger partial charge in [-0.3, -0.25) is 0 Å². The topological polar surface area (TPSA) is 12.0 Å². The Bertz CT molecular complexity index is 968. The molecule has 0 bridgehead atoms. The number of anilines is 1. The molecule has 0 amide bonds. The van der Waals surface area contributed by atoms with Crippen molar-refractivity contribution in [1.82, 2.24) is 0 Å². The zero-order valence-corrected chi connectivity index (χ0v) is 16.6. The quantitative estimate of drug-likeness (QED) is 0.362. The first-order valence-corrected chi connectivity index (χ1v) is 9.44. The van der Waals surface area contributed by atoms with E-state index in [9.17, 15) is 0 Å². The molecule has 0 atom stereocenters. The lowest BCUT2D eigenvalue weighted by molar-refractivity contribution is 1.46. The SMILES string of the molecule is S.c1ccc(-c2ccc(SNc3cccc(-c4ccccc4)c3)cc2)cc1. The lowest BCUT2D eigenvalue weighted by Gasteiger charge is -2.09. The summed E-state index contributed by atoms with van der Waals surface area (Å²) in [4.78, 5) is 1.19. The van der Waals surface area contributed by atoms with E-state index in [1.54, 1.807) is 11.9 Å². The van der Waals surface area contributed by atoms with Crippen LogP contribution in [0.25, 0.3) is 22.3 Å². The first kappa shape index (κ1) is 19.2. The van der Waals surface area contributed by atoms with E-state index in [0.717, 1.165) is 5.69 Å². The van der Waals surface area contributed by atoms with E-state index in [0.29, 0.717) is 0 Å². The van der Waals surface area contributed by atoms with E-state index in [1.807, 2.05) is 12.1 Å². The minimum Gasteiger partial charge on any atom is -0.326 e. The maximum Gasteiger partial charge on any atom is 0.0449 e. The summed E-state index contributed by atoms with van der Waals surface area (Å²) in [7, 11) is 0. The second kappa shape index (κ2) is 9.36. The van der Waals surface area contributed by atoms with Gasteiger partial charge in [-0.05, 0) is 58.5 Å². The number of benzene rings is 4. The van der Waals surface area contributed by atoms with Crippen molar-refractivity contribution >= 4 is 31.1 Å². The van der Waals surface area contributed by atoms with Crippen LogP contribution in [0.3, 0.4) is 0 Å². The fraction of sp³-hybridized carbons (Fsp3) is 0. The van der Waals surface area contributed by atoms with E-state index in [2.05, 4.69) is 102 Å². The van der Waals surface area contributed by atoms with Crippen molar-refractivity contribution in [2.45, 2.75) is 4.90 Å². The van der Waals surface area contributed by atoms with Crippen LogP contribution in [0.1, 0.15) is 0 Å². The Morgan fingerprint density at radius 1 is 0.481 bits per heavy atom. The molecule has 0 saturated heterocycles. The van der Waals surface area contributed by atoms with Crippen LogP contribution in [0, 0.1) is 0 Å². The minimum atomic E-state index is 0. The monoisotopic (exact) mass is 387 g/mol. The first-order valence-electron chi connectivity index (χ1n) is 8.62. The molecular weight excluding hydrogens is 366 g/mol. The standard InChI is InChI=1S/C24H19NS.H2S/c1-3-8-19(9-4-1)21-14-16-24(17-15-21)26-25-23-13-7-12-22(18-23)20-10-5-2-6-11-20;/h1-18,25H;1H2. The molecule has 0 radical (unpaired) electrons. The van der Waals surface area contributed by atoms with E-state index in [-0.39, 0.29) is 13.5 Å². The Hall–Kier alpha value is -2.62.